The Morgan fingerprint density at radius 2 is 1.09 bits per heavy atom. The van der Waals surface area contributed by atoms with Crippen molar-refractivity contribution in [2.45, 2.75) is 36.3 Å². The number of hydrogen-bond acceptors (Lipinski definition) is 5. The highest BCUT2D eigenvalue weighted by Gasteiger charge is 2.31. The molecule has 222 valence electrons. The second-order valence-electron chi connectivity index (χ2n) is 10.4. The van der Waals surface area contributed by atoms with Crippen LogP contribution in [0.25, 0.3) is 11.1 Å². The molecule has 4 nitrogen and oxygen atoms in total. The highest BCUT2D eigenvalue weighted by Crippen LogP contribution is 2.36. The second kappa shape index (κ2) is 13.3. The van der Waals surface area contributed by atoms with E-state index in [1.165, 1.54) is 12.1 Å². The van der Waals surface area contributed by atoms with E-state index in [0.717, 1.165) is 41.2 Å². The minimum atomic E-state index is -4.58. The lowest BCUT2D eigenvalue weighted by Crippen LogP contribution is -2.09. The van der Waals surface area contributed by atoms with Crippen molar-refractivity contribution in [3.8, 4) is 11.1 Å². The summed E-state index contributed by atoms with van der Waals surface area (Å²) in [5.74, 6) is 0.0113. The number of rotatable bonds is 9. The molecule has 6 aromatic rings. The zero-order valence-corrected chi connectivity index (χ0v) is 26.7. The Hall–Kier alpha value is -4.40. The maximum Gasteiger partial charge on any atom is 0.193 e. The predicted octanol–water partition coefficient (Wildman–Crippen LogP) is 9.04. The molecule has 0 N–H and O–H groups in total. The molecule has 0 aliphatic rings. The van der Waals surface area contributed by atoms with Crippen LogP contribution in [0, 0.1) is 6.92 Å². The van der Waals surface area contributed by atoms with Crippen LogP contribution in [0.1, 0.15) is 21.5 Å². The van der Waals surface area contributed by atoms with Crippen LogP contribution in [0.4, 0.5) is 0 Å². The van der Waals surface area contributed by atoms with Crippen LogP contribution in [-0.4, -0.2) is 18.8 Å². The van der Waals surface area contributed by atoms with Gasteiger partial charge in [-0.25, -0.2) is 8.42 Å². The lowest BCUT2D eigenvalue weighted by atomic mass is 10.0. The van der Waals surface area contributed by atoms with Crippen molar-refractivity contribution in [3.63, 3.8) is 0 Å². The highest BCUT2D eigenvalue weighted by atomic mass is 32.2. The molecule has 0 fully saturated rings. The van der Waals surface area contributed by atoms with E-state index in [-0.39, 0.29) is 10.7 Å². The first-order valence-electron chi connectivity index (χ1n) is 14.2. The number of ketones is 1. The maximum absolute atomic E-state index is 12.7. The van der Waals surface area contributed by atoms with Crippen LogP contribution in [-0.2, 0) is 21.0 Å². The van der Waals surface area contributed by atoms with Crippen LogP contribution in [0.2, 0.25) is 0 Å². The van der Waals surface area contributed by atoms with Gasteiger partial charge >= 0.3 is 0 Å². The molecule has 0 saturated heterocycles. The quantitative estimate of drug-likeness (QED) is 0.0892. The first-order chi connectivity index (χ1) is 21.8. The molecule has 0 spiro atoms. The van der Waals surface area contributed by atoms with E-state index in [2.05, 4.69) is 48.5 Å². The fraction of sp³-hybridized carbons (Fsp3) is 0.0263. The standard InChI is InChI=1S/C38H28O4S3/c1-27-12-25-36(45(40,41)42)26-37(27)44(34-10-6-3-7-11-34)35-23-17-29(18-24-35)28-13-19-32(20-14-28)43-33-21-15-31(16-22-33)38(39)30-8-4-2-5-9-30/h2-26H,1H3. The van der Waals surface area contributed by atoms with E-state index in [1.807, 2.05) is 91.9 Å². The van der Waals surface area contributed by atoms with Crippen LogP contribution in [0.5, 0.6) is 0 Å². The van der Waals surface area contributed by atoms with Crippen LogP contribution >= 0.6 is 11.8 Å². The van der Waals surface area contributed by atoms with Crippen molar-refractivity contribution in [2.24, 2.45) is 0 Å². The Bertz CT molecular complexity index is 2040. The van der Waals surface area contributed by atoms with Gasteiger partial charge in [-0.2, -0.15) is 0 Å². The van der Waals surface area contributed by atoms with Crippen LogP contribution < -0.4 is 0 Å². The van der Waals surface area contributed by atoms with Gasteiger partial charge in [0, 0.05) is 32.5 Å². The van der Waals surface area contributed by atoms with Gasteiger partial charge in [0.05, 0.1) is 15.8 Å². The molecule has 6 rings (SSSR count). The minimum Gasteiger partial charge on any atom is -0.744 e. The molecular formula is C38H28O4S3. The summed E-state index contributed by atoms with van der Waals surface area (Å²) in [5.41, 5.74) is 4.40. The minimum absolute atomic E-state index is 0.0113. The summed E-state index contributed by atoms with van der Waals surface area (Å²) in [4.78, 5) is 17.5. The molecule has 6 aromatic carbocycles. The zero-order valence-electron chi connectivity index (χ0n) is 24.3. The van der Waals surface area contributed by atoms with Gasteiger partial charge in [0.2, 0.25) is 0 Å². The monoisotopic (exact) mass is 644 g/mol. The maximum atomic E-state index is 12.7. The van der Waals surface area contributed by atoms with Crippen molar-refractivity contribution in [2.75, 3.05) is 0 Å². The normalized spacial score (nSPS) is 12.0. The third kappa shape index (κ3) is 7.13. The van der Waals surface area contributed by atoms with Crippen molar-refractivity contribution >= 4 is 38.6 Å². The SMILES string of the molecule is Cc1ccc(S(=O)(=O)[O-])cc1[S+](c1ccccc1)c1ccc(-c2ccc(Sc3ccc(C(=O)c4ccccc4)cc3)cc2)cc1. The van der Waals surface area contributed by atoms with Crippen molar-refractivity contribution < 1.29 is 17.8 Å². The molecule has 0 bridgehead atoms. The molecule has 7 heteroatoms. The van der Waals surface area contributed by atoms with Crippen LogP contribution in [0.3, 0.4) is 0 Å². The molecule has 0 heterocycles. The Kier molecular flexibility index (Phi) is 9.05. The summed E-state index contributed by atoms with van der Waals surface area (Å²) < 4.78 is 35.5. The van der Waals surface area contributed by atoms with Gasteiger partial charge in [0.15, 0.2) is 20.5 Å². The Morgan fingerprint density at radius 1 is 0.600 bits per heavy atom. The fourth-order valence-electron chi connectivity index (χ4n) is 4.97. The summed E-state index contributed by atoms with van der Waals surface area (Å²) in [6, 6.07) is 48.2. The van der Waals surface area contributed by atoms with Gasteiger partial charge in [-0.1, -0.05) is 78.5 Å². The predicted molar refractivity (Wildman–Crippen MR) is 180 cm³/mol. The number of carbonyl (C=O) groups excluding carboxylic acids is 1. The van der Waals surface area contributed by atoms with E-state index < -0.39 is 21.0 Å². The molecule has 1 atom stereocenters. The van der Waals surface area contributed by atoms with E-state index in [4.69, 9.17) is 0 Å². The van der Waals surface area contributed by atoms with Gasteiger partial charge in [0.25, 0.3) is 0 Å². The van der Waals surface area contributed by atoms with Gasteiger partial charge in [0.1, 0.15) is 10.1 Å². The molecule has 1 unspecified atom stereocenters. The molecule has 0 amide bonds. The average Bonchev–Trinajstić information content (AvgIpc) is 3.07. The molecule has 0 saturated carbocycles. The van der Waals surface area contributed by atoms with Crippen LogP contribution in [0.15, 0.2) is 181 Å². The van der Waals surface area contributed by atoms with Gasteiger partial charge in [-0.15, -0.1) is 0 Å². The lowest BCUT2D eigenvalue weighted by molar-refractivity contribution is 0.103. The third-order valence-corrected chi connectivity index (χ3v) is 11.5. The topological polar surface area (TPSA) is 74.3 Å². The zero-order chi connectivity index (χ0) is 31.4. The van der Waals surface area contributed by atoms with Crippen molar-refractivity contribution in [1.82, 2.24) is 0 Å². The number of hydrogen-bond donors (Lipinski definition) is 0. The molecule has 0 aromatic heterocycles. The number of carbonyl (C=O) groups is 1. The number of aryl methyl sites for hydroxylation is 1. The van der Waals surface area contributed by atoms with Crippen molar-refractivity contribution in [3.05, 3.63) is 168 Å². The summed E-state index contributed by atoms with van der Waals surface area (Å²) in [6.45, 7) is 1.94. The Labute approximate surface area is 270 Å². The average molecular weight is 645 g/mol. The molecule has 0 aliphatic carbocycles. The van der Waals surface area contributed by atoms with Gasteiger partial charge in [-0.05, 0) is 96.9 Å². The summed E-state index contributed by atoms with van der Waals surface area (Å²) in [5, 5.41) is 0. The molecule has 0 aliphatic heterocycles. The van der Waals surface area contributed by atoms with Gasteiger partial charge < -0.3 is 4.55 Å². The van der Waals surface area contributed by atoms with E-state index in [9.17, 15) is 17.8 Å². The third-order valence-electron chi connectivity index (χ3n) is 7.31. The molecular weight excluding hydrogens is 617 g/mol. The first kappa shape index (κ1) is 30.6. The highest BCUT2D eigenvalue weighted by molar-refractivity contribution is 7.99. The van der Waals surface area contributed by atoms with Crippen molar-refractivity contribution in [1.29, 1.82) is 0 Å². The second-order valence-corrected chi connectivity index (χ2v) is 14.9. The lowest BCUT2D eigenvalue weighted by Gasteiger charge is -2.14. The van der Waals surface area contributed by atoms with Gasteiger partial charge in [-0.3, -0.25) is 4.79 Å². The number of benzene rings is 6. The first-order valence-corrected chi connectivity index (χ1v) is 17.7. The largest absolute Gasteiger partial charge is 0.744 e. The van der Waals surface area contributed by atoms with E-state index >= 15 is 0 Å². The smallest absolute Gasteiger partial charge is 0.193 e. The fourth-order valence-corrected chi connectivity index (χ4v) is 8.61. The van der Waals surface area contributed by atoms with E-state index in [0.29, 0.717) is 11.1 Å². The summed E-state index contributed by atoms with van der Waals surface area (Å²) in [7, 11) is -5.19. The Balaban J connectivity index is 1.21. The molecule has 45 heavy (non-hydrogen) atoms. The summed E-state index contributed by atoms with van der Waals surface area (Å²) >= 11 is 1.64. The summed E-state index contributed by atoms with van der Waals surface area (Å²) in [6.07, 6.45) is 0. The Morgan fingerprint density at radius 3 is 1.67 bits per heavy atom. The molecule has 0 radical (unpaired) electrons. The van der Waals surface area contributed by atoms with E-state index in [1.54, 1.807) is 17.8 Å².